The summed E-state index contributed by atoms with van der Waals surface area (Å²) in [6.07, 6.45) is -2.67. The van der Waals surface area contributed by atoms with E-state index in [0.29, 0.717) is 24.2 Å². The average molecular weight is 416 g/mol. The van der Waals surface area contributed by atoms with Crippen LogP contribution in [-0.2, 0) is 12.8 Å². The Morgan fingerprint density at radius 3 is 2.47 bits per heavy atom. The second kappa shape index (κ2) is 7.74. The average Bonchev–Trinajstić information content (AvgIpc) is 2.71. The molecule has 0 saturated heterocycles. The van der Waals surface area contributed by atoms with Crippen molar-refractivity contribution in [2.45, 2.75) is 12.8 Å². The van der Waals surface area contributed by atoms with Gasteiger partial charge < -0.3 is 14.6 Å². The Kier molecular flexibility index (Phi) is 5.11. The maximum atomic E-state index is 13.5. The van der Waals surface area contributed by atoms with Crippen molar-refractivity contribution in [1.82, 2.24) is 0 Å². The Morgan fingerprint density at radius 1 is 0.967 bits per heavy atom. The number of hydrogen-bond acceptors (Lipinski definition) is 3. The highest BCUT2D eigenvalue weighted by atomic mass is 19.4. The molecule has 3 nitrogen and oxygen atoms in total. The van der Waals surface area contributed by atoms with Crippen LogP contribution < -0.4 is 9.47 Å². The summed E-state index contributed by atoms with van der Waals surface area (Å²) < 4.78 is 63.3. The minimum Gasteiger partial charge on any atom is -0.508 e. The molecule has 0 aromatic heterocycles. The molecule has 1 N–H and O–H groups in total. The number of rotatable bonds is 4. The Labute approximate surface area is 169 Å². The van der Waals surface area contributed by atoms with Crippen LogP contribution in [0.4, 0.5) is 17.6 Å². The molecule has 154 valence electrons. The van der Waals surface area contributed by atoms with Crippen LogP contribution in [0, 0.1) is 5.82 Å². The lowest BCUT2D eigenvalue weighted by Crippen LogP contribution is -2.08. The minimum atomic E-state index is -4.63. The first-order valence-electron chi connectivity index (χ1n) is 9.04. The molecule has 0 spiro atoms. The van der Waals surface area contributed by atoms with E-state index in [1.165, 1.54) is 0 Å². The maximum Gasteiger partial charge on any atom is 0.416 e. The van der Waals surface area contributed by atoms with Crippen LogP contribution in [0.3, 0.4) is 0 Å². The Morgan fingerprint density at radius 2 is 1.73 bits per heavy atom. The van der Waals surface area contributed by atoms with Crippen LogP contribution in [0.2, 0.25) is 0 Å². The normalized spacial score (nSPS) is 13.3. The molecular weight excluding hydrogens is 400 g/mol. The maximum absolute atomic E-state index is 13.5. The Bertz CT molecular complexity index is 1100. The molecule has 0 atom stereocenters. The zero-order valence-electron chi connectivity index (χ0n) is 15.5. The number of halogens is 4. The van der Waals surface area contributed by atoms with Gasteiger partial charge in [-0.1, -0.05) is 12.1 Å². The van der Waals surface area contributed by atoms with Crippen molar-refractivity contribution in [3.05, 3.63) is 88.7 Å². The number of hydrogen-bond donors (Lipinski definition) is 1. The molecule has 0 saturated carbocycles. The smallest absolute Gasteiger partial charge is 0.416 e. The molecule has 3 aromatic carbocycles. The van der Waals surface area contributed by atoms with Crippen LogP contribution in [0.1, 0.15) is 22.3 Å². The van der Waals surface area contributed by atoms with Crippen molar-refractivity contribution < 1.29 is 32.1 Å². The summed E-state index contributed by atoms with van der Waals surface area (Å²) in [6.45, 7) is 0.105. The summed E-state index contributed by atoms with van der Waals surface area (Å²) in [7, 11) is 0. The van der Waals surface area contributed by atoms with Crippen molar-refractivity contribution in [1.29, 1.82) is 0 Å². The first-order valence-corrected chi connectivity index (χ1v) is 9.04. The number of benzene rings is 3. The number of alkyl halides is 3. The summed E-state index contributed by atoms with van der Waals surface area (Å²) in [4.78, 5) is 0. The minimum absolute atomic E-state index is 0.0791. The first-order chi connectivity index (χ1) is 14.3. The Balaban J connectivity index is 1.50. The van der Waals surface area contributed by atoms with Gasteiger partial charge in [-0.15, -0.1) is 0 Å². The molecule has 0 aliphatic carbocycles. The number of phenolic OH excluding ortho intramolecular Hbond substituents is 1. The molecule has 1 aliphatic heterocycles. The molecule has 0 radical (unpaired) electrons. The van der Waals surface area contributed by atoms with E-state index in [2.05, 4.69) is 0 Å². The zero-order chi connectivity index (χ0) is 21.3. The van der Waals surface area contributed by atoms with Crippen LogP contribution in [0.5, 0.6) is 17.2 Å². The van der Waals surface area contributed by atoms with Gasteiger partial charge in [0.25, 0.3) is 0 Å². The van der Waals surface area contributed by atoms with Gasteiger partial charge in [-0.05, 0) is 65.2 Å². The molecule has 1 aliphatic rings. The molecule has 4 rings (SSSR count). The van der Waals surface area contributed by atoms with Crippen molar-refractivity contribution in [3.8, 4) is 17.2 Å². The third kappa shape index (κ3) is 4.40. The van der Waals surface area contributed by atoms with Crippen LogP contribution in [-0.4, -0.2) is 11.7 Å². The van der Waals surface area contributed by atoms with E-state index in [4.69, 9.17) is 9.47 Å². The first kappa shape index (κ1) is 19.8. The topological polar surface area (TPSA) is 38.7 Å². The van der Waals surface area contributed by atoms with E-state index in [1.807, 2.05) is 6.08 Å². The second-order valence-corrected chi connectivity index (χ2v) is 6.84. The molecule has 3 aromatic rings. The van der Waals surface area contributed by atoms with E-state index in [1.54, 1.807) is 42.5 Å². The van der Waals surface area contributed by atoms with Gasteiger partial charge in [-0.2, -0.15) is 13.2 Å². The monoisotopic (exact) mass is 416 g/mol. The van der Waals surface area contributed by atoms with Crippen LogP contribution >= 0.6 is 0 Å². The standard InChI is InChI=1S/C23H16F4O3/c24-19-8-14(7-18(10-19)23(25,26)27)12-29-21-6-3-16-9-17(13-30-22(16)11-21)15-1-4-20(28)5-2-15/h1-11,28H,12-13H2. The van der Waals surface area contributed by atoms with E-state index < -0.39 is 17.6 Å². The second-order valence-electron chi connectivity index (χ2n) is 6.84. The molecular formula is C23H16F4O3. The van der Waals surface area contributed by atoms with Crippen LogP contribution in [0.25, 0.3) is 11.6 Å². The summed E-state index contributed by atoms with van der Waals surface area (Å²) in [5, 5.41) is 9.41. The molecule has 30 heavy (non-hydrogen) atoms. The Hall–Kier alpha value is -3.48. The van der Waals surface area contributed by atoms with Gasteiger partial charge in [-0.3, -0.25) is 0 Å². The highest BCUT2D eigenvalue weighted by molar-refractivity contribution is 5.85. The highest BCUT2D eigenvalue weighted by Gasteiger charge is 2.31. The lowest BCUT2D eigenvalue weighted by atomic mass is 10.0. The van der Waals surface area contributed by atoms with E-state index in [9.17, 15) is 22.7 Å². The molecule has 0 bridgehead atoms. The van der Waals surface area contributed by atoms with E-state index >= 15 is 0 Å². The third-order valence-electron chi connectivity index (χ3n) is 4.63. The fourth-order valence-electron chi connectivity index (χ4n) is 3.14. The van der Waals surface area contributed by atoms with Crippen molar-refractivity contribution in [2.75, 3.05) is 6.61 Å². The molecule has 0 fully saturated rings. The number of aromatic hydroxyl groups is 1. The number of fused-ring (bicyclic) bond motifs is 1. The van der Waals surface area contributed by atoms with E-state index in [-0.39, 0.29) is 17.9 Å². The SMILES string of the molecule is Oc1ccc(C2=Cc3ccc(OCc4cc(F)cc(C(F)(F)F)c4)cc3OC2)cc1. The van der Waals surface area contributed by atoms with Crippen LogP contribution in [0.15, 0.2) is 60.7 Å². The zero-order valence-corrected chi connectivity index (χ0v) is 15.5. The number of phenols is 1. The highest BCUT2D eigenvalue weighted by Crippen LogP contribution is 2.34. The largest absolute Gasteiger partial charge is 0.508 e. The van der Waals surface area contributed by atoms with Crippen molar-refractivity contribution >= 4 is 11.6 Å². The van der Waals surface area contributed by atoms with E-state index in [0.717, 1.165) is 28.8 Å². The summed E-state index contributed by atoms with van der Waals surface area (Å²) in [5.41, 5.74) is 1.71. The fraction of sp³-hybridized carbons (Fsp3) is 0.130. The van der Waals surface area contributed by atoms with Gasteiger partial charge in [0.2, 0.25) is 0 Å². The lowest BCUT2D eigenvalue weighted by molar-refractivity contribution is -0.137. The number of ether oxygens (including phenoxy) is 2. The summed E-state index contributed by atoms with van der Waals surface area (Å²) in [6, 6.07) is 14.2. The van der Waals surface area contributed by atoms with Gasteiger partial charge in [0.1, 0.15) is 36.3 Å². The lowest BCUT2D eigenvalue weighted by Gasteiger charge is -2.19. The van der Waals surface area contributed by atoms with Crippen molar-refractivity contribution in [3.63, 3.8) is 0 Å². The van der Waals surface area contributed by atoms with Crippen molar-refractivity contribution in [2.24, 2.45) is 0 Å². The summed E-state index contributed by atoms with van der Waals surface area (Å²) >= 11 is 0. The predicted octanol–water partition coefficient (Wildman–Crippen LogP) is 6.06. The third-order valence-corrected chi connectivity index (χ3v) is 4.63. The molecule has 7 heteroatoms. The van der Waals surface area contributed by atoms with Gasteiger partial charge in [-0.25, -0.2) is 4.39 Å². The summed E-state index contributed by atoms with van der Waals surface area (Å²) in [5.74, 6) is 0.182. The van der Waals surface area contributed by atoms with Gasteiger partial charge in [0.15, 0.2) is 0 Å². The fourth-order valence-corrected chi connectivity index (χ4v) is 3.14. The predicted molar refractivity (Wildman–Crippen MR) is 104 cm³/mol. The van der Waals surface area contributed by atoms with Gasteiger partial charge in [0, 0.05) is 11.6 Å². The van der Waals surface area contributed by atoms with Gasteiger partial charge in [0.05, 0.1) is 5.56 Å². The molecule has 1 heterocycles. The molecule has 0 unspecified atom stereocenters. The quantitative estimate of drug-likeness (QED) is 0.526. The molecule has 0 amide bonds. The van der Waals surface area contributed by atoms with Gasteiger partial charge >= 0.3 is 6.18 Å².